The zero-order valence-corrected chi connectivity index (χ0v) is 13.0. The van der Waals surface area contributed by atoms with E-state index in [0.29, 0.717) is 5.92 Å². The van der Waals surface area contributed by atoms with Crippen LogP contribution in [-0.2, 0) is 4.79 Å². The van der Waals surface area contributed by atoms with Crippen molar-refractivity contribution in [1.82, 2.24) is 0 Å². The Bertz CT molecular complexity index is 339. The monoisotopic (exact) mass is 274 g/mol. The molecule has 0 saturated heterocycles. The van der Waals surface area contributed by atoms with E-state index in [1.54, 1.807) is 11.6 Å². The van der Waals surface area contributed by atoms with Crippen LogP contribution >= 0.6 is 0 Å². The number of aldehydes is 1. The molecule has 1 nitrogen and oxygen atoms in total. The Morgan fingerprint density at radius 3 is 2.05 bits per heavy atom. The van der Waals surface area contributed by atoms with Crippen molar-refractivity contribution in [2.45, 2.75) is 64.7 Å². The maximum absolute atomic E-state index is 10.4. The minimum Gasteiger partial charge on any atom is -0.299 e. The predicted octanol–water partition coefficient (Wildman–Crippen LogP) is 5.32. The first-order valence-corrected chi connectivity index (χ1v) is 8.55. The van der Waals surface area contributed by atoms with Gasteiger partial charge < -0.3 is 0 Å². The van der Waals surface area contributed by atoms with Gasteiger partial charge in [0.05, 0.1) is 0 Å². The third-order valence-electron chi connectivity index (χ3n) is 5.71. The number of carbonyl (C=O) groups is 1. The summed E-state index contributed by atoms with van der Waals surface area (Å²) in [6.07, 6.45) is 16.6. The average Bonchev–Trinajstić information content (AvgIpc) is 2.53. The average molecular weight is 274 g/mol. The molecule has 1 heteroatoms. The lowest BCUT2D eigenvalue weighted by Gasteiger charge is -2.35. The van der Waals surface area contributed by atoms with Gasteiger partial charge in [-0.25, -0.2) is 0 Å². The summed E-state index contributed by atoms with van der Waals surface area (Å²) in [4.78, 5) is 10.4. The summed E-state index contributed by atoms with van der Waals surface area (Å²) in [5, 5.41) is 0. The SMILES string of the molecule is C=C(C1CCC(C=CC=O)CC1)C1CCC(CC)CC1. The Labute approximate surface area is 124 Å². The van der Waals surface area contributed by atoms with Gasteiger partial charge in [0.25, 0.3) is 0 Å². The van der Waals surface area contributed by atoms with Crippen molar-refractivity contribution >= 4 is 6.29 Å². The summed E-state index contributed by atoms with van der Waals surface area (Å²) >= 11 is 0. The fourth-order valence-electron chi connectivity index (χ4n) is 4.16. The highest BCUT2D eigenvalue weighted by atomic mass is 16.1. The van der Waals surface area contributed by atoms with Crippen LogP contribution in [0, 0.1) is 23.7 Å². The maximum Gasteiger partial charge on any atom is 0.142 e. The van der Waals surface area contributed by atoms with Crippen LogP contribution in [0.5, 0.6) is 0 Å². The first kappa shape index (κ1) is 15.5. The molecular formula is C19H30O. The Kier molecular flexibility index (Phi) is 6.06. The van der Waals surface area contributed by atoms with Crippen LogP contribution in [0.25, 0.3) is 0 Å². The van der Waals surface area contributed by atoms with Crippen molar-refractivity contribution in [2.24, 2.45) is 23.7 Å². The van der Waals surface area contributed by atoms with Crippen molar-refractivity contribution in [3.63, 3.8) is 0 Å². The molecule has 2 saturated carbocycles. The van der Waals surface area contributed by atoms with E-state index < -0.39 is 0 Å². The molecule has 0 atom stereocenters. The largest absolute Gasteiger partial charge is 0.299 e. The number of rotatable bonds is 5. The number of hydrogen-bond donors (Lipinski definition) is 0. The number of carbonyl (C=O) groups excluding carboxylic acids is 1. The molecule has 0 aromatic heterocycles. The summed E-state index contributed by atoms with van der Waals surface area (Å²) in [7, 11) is 0. The Balaban J connectivity index is 1.77. The highest BCUT2D eigenvalue weighted by Crippen LogP contribution is 2.41. The second kappa shape index (κ2) is 7.81. The lowest BCUT2D eigenvalue weighted by molar-refractivity contribution is -0.104. The van der Waals surface area contributed by atoms with Crippen molar-refractivity contribution < 1.29 is 4.79 Å². The molecule has 2 aliphatic rings. The molecule has 2 rings (SSSR count). The van der Waals surface area contributed by atoms with Gasteiger partial charge in [0.2, 0.25) is 0 Å². The van der Waals surface area contributed by atoms with E-state index in [1.165, 1.54) is 57.8 Å². The molecular weight excluding hydrogens is 244 g/mol. The van der Waals surface area contributed by atoms with Crippen molar-refractivity contribution in [3.05, 3.63) is 24.3 Å². The van der Waals surface area contributed by atoms with Gasteiger partial charge in [-0.1, -0.05) is 31.6 Å². The second-order valence-corrected chi connectivity index (χ2v) is 6.83. The minimum atomic E-state index is 0.625. The molecule has 112 valence electrons. The standard InChI is InChI=1S/C19H30O/c1-3-16-6-10-18(11-7-16)15(2)19-12-8-17(9-13-19)5-4-14-20/h4-5,14,16-19H,2-3,6-13H2,1H3. The molecule has 0 N–H and O–H groups in total. The van der Waals surface area contributed by atoms with Crippen LogP contribution in [0.2, 0.25) is 0 Å². The zero-order valence-electron chi connectivity index (χ0n) is 13.0. The minimum absolute atomic E-state index is 0.625. The third kappa shape index (κ3) is 4.07. The molecule has 0 spiro atoms. The fourth-order valence-corrected chi connectivity index (χ4v) is 4.16. The van der Waals surface area contributed by atoms with Gasteiger partial charge in [-0.2, -0.15) is 0 Å². The summed E-state index contributed by atoms with van der Waals surface area (Å²) in [6.45, 7) is 6.79. The van der Waals surface area contributed by atoms with E-state index in [4.69, 9.17) is 0 Å². The van der Waals surface area contributed by atoms with Crippen LogP contribution in [0.3, 0.4) is 0 Å². The molecule has 0 amide bonds. The zero-order chi connectivity index (χ0) is 14.4. The van der Waals surface area contributed by atoms with Gasteiger partial charge in [0, 0.05) is 0 Å². The van der Waals surface area contributed by atoms with E-state index >= 15 is 0 Å². The van der Waals surface area contributed by atoms with Crippen LogP contribution < -0.4 is 0 Å². The smallest absolute Gasteiger partial charge is 0.142 e. The summed E-state index contributed by atoms with van der Waals surface area (Å²) in [5.74, 6) is 3.15. The lowest BCUT2D eigenvalue weighted by Crippen LogP contribution is -2.22. The molecule has 0 unspecified atom stereocenters. The predicted molar refractivity (Wildman–Crippen MR) is 85.5 cm³/mol. The highest BCUT2D eigenvalue weighted by molar-refractivity contribution is 5.64. The van der Waals surface area contributed by atoms with Gasteiger partial charge >= 0.3 is 0 Å². The molecule has 20 heavy (non-hydrogen) atoms. The van der Waals surface area contributed by atoms with Crippen molar-refractivity contribution in [2.75, 3.05) is 0 Å². The van der Waals surface area contributed by atoms with E-state index in [1.807, 2.05) is 0 Å². The highest BCUT2D eigenvalue weighted by Gasteiger charge is 2.28. The molecule has 0 bridgehead atoms. The van der Waals surface area contributed by atoms with Gasteiger partial charge in [-0.3, -0.25) is 4.79 Å². The van der Waals surface area contributed by atoms with Crippen molar-refractivity contribution in [1.29, 1.82) is 0 Å². The van der Waals surface area contributed by atoms with Crippen LogP contribution in [-0.4, -0.2) is 6.29 Å². The van der Waals surface area contributed by atoms with Crippen LogP contribution in [0.4, 0.5) is 0 Å². The number of hydrogen-bond acceptors (Lipinski definition) is 1. The molecule has 0 heterocycles. The fraction of sp³-hybridized carbons (Fsp3) is 0.737. The maximum atomic E-state index is 10.4. The topological polar surface area (TPSA) is 17.1 Å². The molecule has 0 aliphatic heterocycles. The normalized spacial score (nSPS) is 35.0. The summed E-state index contributed by atoms with van der Waals surface area (Å²) < 4.78 is 0. The Morgan fingerprint density at radius 1 is 1.00 bits per heavy atom. The number of allylic oxidation sites excluding steroid dienone is 3. The van der Waals surface area contributed by atoms with Gasteiger partial charge in [0.15, 0.2) is 0 Å². The van der Waals surface area contributed by atoms with E-state index in [2.05, 4.69) is 19.6 Å². The molecule has 2 fully saturated rings. The molecule has 0 radical (unpaired) electrons. The first-order chi connectivity index (χ1) is 9.74. The Morgan fingerprint density at radius 2 is 1.55 bits per heavy atom. The lowest BCUT2D eigenvalue weighted by atomic mass is 9.70. The van der Waals surface area contributed by atoms with E-state index in [-0.39, 0.29) is 0 Å². The first-order valence-electron chi connectivity index (χ1n) is 8.55. The molecule has 0 aromatic carbocycles. The Hall–Kier alpha value is -0.850. The summed E-state index contributed by atoms with van der Waals surface area (Å²) in [6, 6.07) is 0. The molecule has 0 aromatic rings. The van der Waals surface area contributed by atoms with Gasteiger partial charge in [0.1, 0.15) is 6.29 Å². The quantitative estimate of drug-likeness (QED) is 0.377. The van der Waals surface area contributed by atoms with E-state index in [0.717, 1.165) is 24.0 Å². The van der Waals surface area contributed by atoms with Gasteiger partial charge in [-0.15, -0.1) is 0 Å². The van der Waals surface area contributed by atoms with Crippen molar-refractivity contribution in [3.8, 4) is 0 Å². The summed E-state index contributed by atoms with van der Waals surface area (Å²) in [5.41, 5.74) is 1.55. The molecule has 2 aliphatic carbocycles. The van der Waals surface area contributed by atoms with Crippen LogP contribution in [0.1, 0.15) is 64.7 Å². The second-order valence-electron chi connectivity index (χ2n) is 6.83. The van der Waals surface area contributed by atoms with Gasteiger partial charge in [-0.05, 0) is 81.1 Å². The third-order valence-corrected chi connectivity index (χ3v) is 5.71. The van der Waals surface area contributed by atoms with Crippen LogP contribution in [0.15, 0.2) is 24.3 Å². The van der Waals surface area contributed by atoms with E-state index in [9.17, 15) is 4.79 Å².